The van der Waals surface area contributed by atoms with Crippen molar-refractivity contribution in [3.63, 3.8) is 0 Å². The van der Waals surface area contributed by atoms with Crippen molar-refractivity contribution in [1.82, 2.24) is 15.0 Å². The fraction of sp³-hybridized carbons (Fsp3) is 0.200. The summed E-state index contributed by atoms with van der Waals surface area (Å²) in [5, 5.41) is 6.09. The van der Waals surface area contributed by atoms with Gasteiger partial charge in [0.1, 0.15) is 5.75 Å². The minimum atomic E-state index is 0.599. The third-order valence-corrected chi connectivity index (χ3v) is 6.33. The van der Waals surface area contributed by atoms with Crippen LogP contribution in [0.25, 0.3) is 31.8 Å². The molecule has 0 saturated carbocycles. The molecule has 0 atom stereocenters. The number of ether oxygens (including phenoxy) is 1. The first-order chi connectivity index (χ1) is 15.6. The number of para-hydroxylation sites is 1. The van der Waals surface area contributed by atoms with Gasteiger partial charge in [0, 0.05) is 34.8 Å². The lowest BCUT2D eigenvalue weighted by molar-refractivity contribution is 0.408. The Bertz CT molecular complexity index is 1250. The number of allylic oxidation sites excluding steroid dienone is 1. The van der Waals surface area contributed by atoms with Gasteiger partial charge in [-0.1, -0.05) is 42.5 Å². The smallest absolute Gasteiger partial charge is 0.223 e. The van der Waals surface area contributed by atoms with Crippen LogP contribution in [-0.4, -0.2) is 35.2 Å². The van der Waals surface area contributed by atoms with Gasteiger partial charge in [-0.25, -0.2) is 15.8 Å². The molecule has 0 unspecified atom stereocenters. The fourth-order valence-electron chi connectivity index (χ4n) is 3.60. The van der Waals surface area contributed by atoms with Crippen molar-refractivity contribution in [3.05, 3.63) is 72.6 Å². The first-order valence-corrected chi connectivity index (χ1v) is 11.3. The van der Waals surface area contributed by atoms with Crippen molar-refractivity contribution >= 4 is 27.4 Å². The Labute approximate surface area is 192 Å². The third kappa shape index (κ3) is 4.59. The minimum Gasteiger partial charge on any atom is -0.496 e. The van der Waals surface area contributed by atoms with Crippen molar-refractivity contribution in [2.24, 2.45) is 5.84 Å². The van der Waals surface area contributed by atoms with Crippen LogP contribution in [-0.2, 0) is 0 Å². The van der Waals surface area contributed by atoms with E-state index in [1.54, 1.807) is 23.5 Å². The first kappa shape index (κ1) is 21.8. The number of thiophene rings is 1. The molecule has 32 heavy (non-hydrogen) atoms. The van der Waals surface area contributed by atoms with Gasteiger partial charge in [-0.05, 0) is 36.9 Å². The fourth-order valence-corrected chi connectivity index (χ4v) is 4.84. The maximum absolute atomic E-state index is 5.88. The highest BCUT2D eigenvalue weighted by Crippen LogP contribution is 2.41. The topological polar surface area (TPSA) is 76.3 Å². The second-order valence-electron chi connectivity index (χ2n) is 7.41. The number of hydrogen-bond donors (Lipinski definition) is 2. The van der Waals surface area contributed by atoms with Crippen molar-refractivity contribution in [3.8, 4) is 27.4 Å². The monoisotopic (exact) mass is 445 g/mol. The third-order valence-electron chi connectivity index (χ3n) is 5.14. The molecule has 0 aliphatic carbocycles. The number of fused-ring (bicyclic) bond motifs is 1. The van der Waals surface area contributed by atoms with Gasteiger partial charge in [0.15, 0.2) is 0 Å². The molecule has 2 aromatic heterocycles. The zero-order chi connectivity index (χ0) is 22.5. The van der Waals surface area contributed by atoms with E-state index in [9.17, 15) is 0 Å². The van der Waals surface area contributed by atoms with Gasteiger partial charge in [0.2, 0.25) is 5.95 Å². The first-order valence-electron chi connectivity index (χ1n) is 10.5. The van der Waals surface area contributed by atoms with Gasteiger partial charge < -0.3 is 15.1 Å². The quantitative estimate of drug-likeness (QED) is 0.277. The van der Waals surface area contributed by atoms with Crippen LogP contribution in [0.2, 0.25) is 0 Å². The van der Waals surface area contributed by atoms with E-state index in [-0.39, 0.29) is 0 Å². The molecule has 6 nitrogen and oxygen atoms in total. The second-order valence-corrected chi connectivity index (χ2v) is 8.46. The molecule has 0 amide bonds. The van der Waals surface area contributed by atoms with E-state index in [4.69, 9.17) is 15.6 Å². The standard InChI is InChI=1S/C25H27N5OS/c1-4-13-30(26)14-12-27-25-28-16-17(2)23(29-25)22-15-18-8-7-10-20(24(18)32-22)19-9-5-6-11-21(19)31-3/h4-11,13,15-16H,12,14,26H2,1-3H3,(H,27,28,29)/b13-4-. The lowest BCUT2D eigenvalue weighted by Crippen LogP contribution is -2.30. The van der Waals surface area contributed by atoms with Gasteiger partial charge >= 0.3 is 0 Å². The van der Waals surface area contributed by atoms with Crippen molar-refractivity contribution in [2.45, 2.75) is 13.8 Å². The maximum atomic E-state index is 5.88. The maximum Gasteiger partial charge on any atom is 0.223 e. The molecule has 4 rings (SSSR count). The van der Waals surface area contributed by atoms with E-state index in [0.29, 0.717) is 19.0 Å². The molecular formula is C25H27N5OS. The molecule has 7 heteroatoms. The minimum absolute atomic E-state index is 0.599. The Morgan fingerprint density at radius 3 is 2.78 bits per heavy atom. The van der Waals surface area contributed by atoms with Gasteiger partial charge in [0.05, 0.1) is 24.2 Å². The van der Waals surface area contributed by atoms with Crippen LogP contribution in [0.15, 0.2) is 67.0 Å². The van der Waals surface area contributed by atoms with Gasteiger partial charge in [-0.15, -0.1) is 11.3 Å². The number of nitrogens with one attached hydrogen (secondary N) is 1. The molecule has 0 radical (unpaired) electrons. The lowest BCUT2D eigenvalue weighted by Gasteiger charge is -2.14. The number of rotatable bonds is 8. The summed E-state index contributed by atoms with van der Waals surface area (Å²) in [6.07, 6.45) is 5.60. The van der Waals surface area contributed by atoms with Crippen LogP contribution in [0.4, 0.5) is 5.95 Å². The second kappa shape index (κ2) is 9.80. The lowest BCUT2D eigenvalue weighted by atomic mass is 10.0. The highest BCUT2D eigenvalue weighted by molar-refractivity contribution is 7.22. The molecule has 3 N–H and O–H groups in total. The van der Waals surface area contributed by atoms with Crippen molar-refractivity contribution in [2.75, 3.05) is 25.5 Å². The van der Waals surface area contributed by atoms with Gasteiger partial charge in [-0.2, -0.15) is 0 Å². The van der Waals surface area contributed by atoms with Crippen LogP contribution in [0, 0.1) is 6.92 Å². The van der Waals surface area contributed by atoms with Crippen LogP contribution in [0.5, 0.6) is 5.75 Å². The molecule has 164 valence electrons. The molecule has 0 spiro atoms. The molecule has 2 heterocycles. The summed E-state index contributed by atoms with van der Waals surface area (Å²) in [6.45, 7) is 5.28. The molecule has 4 aromatic rings. The van der Waals surface area contributed by atoms with Crippen LogP contribution < -0.4 is 15.9 Å². The van der Waals surface area contributed by atoms with E-state index < -0.39 is 0 Å². The molecule has 0 fully saturated rings. The van der Waals surface area contributed by atoms with E-state index >= 15 is 0 Å². The summed E-state index contributed by atoms with van der Waals surface area (Å²) in [4.78, 5) is 10.4. The summed E-state index contributed by atoms with van der Waals surface area (Å²) in [5.41, 5.74) is 4.22. The Morgan fingerprint density at radius 2 is 1.97 bits per heavy atom. The average molecular weight is 446 g/mol. The highest BCUT2D eigenvalue weighted by atomic mass is 32.1. The molecular weight excluding hydrogens is 418 g/mol. The summed E-state index contributed by atoms with van der Waals surface area (Å²) >= 11 is 1.74. The van der Waals surface area contributed by atoms with Crippen LogP contribution >= 0.6 is 11.3 Å². The number of aryl methyl sites for hydroxylation is 1. The van der Waals surface area contributed by atoms with Gasteiger partial charge in [-0.3, -0.25) is 0 Å². The molecule has 0 bridgehead atoms. The predicted octanol–water partition coefficient (Wildman–Crippen LogP) is 5.46. The Morgan fingerprint density at radius 1 is 1.16 bits per heavy atom. The summed E-state index contributed by atoms with van der Waals surface area (Å²) in [5.74, 6) is 7.34. The van der Waals surface area contributed by atoms with E-state index in [1.165, 1.54) is 10.1 Å². The molecule has 0 aliphatic heterocycles. The van der Waals surface area contributed by atoms with E-state index in [1.807, 2.05) is 50.5 Å². The highest BCUT2D eigenvalue weighted by Gasteiger charge is 2.15. The predicted molar refractivity (Wildman–Crippen MR) is 134 cm³/mol. The van der Waals surface area contributed by atoms with E-state index in [2.05, 4.69) is 40.6 Å². The van der Waals surface area contributed by atoms with Gasteiger partial charge in [0.25, 0.3) is 0 Å². The summed E-state index contributed by atoms with van der Waals surface area (Å²) in [7, 11) is 1.71. The number of hydrogen-bond acceptors (Lipinski definition) is 7. The van der Waals surface area contributed by atoms with E-state index in [0.717, 1.165) is 33.0 Å². The number of aromatic nitrogens is 2. The normalized spacial score (nSPS) is 11.2. The number of hydrazine groups is 1. The number of nitrogens with two attached hydrogens (primary N) is 1. The van der Waals surface area contributed by atoms with Crippen molar-refractivity contribution in [1.29, 1.82) is 0 Å². The number of benzene rings is 2. The molecule has 0 aliphatic rings. The Balaban J connectivity index is 1.67. The van der Waals surface area contributed by atoms with Crippen LogP contribution in [0.3, 0.4) is 0 Å². The van der Waals surface area contributed by atoms with Crippen LogP contribution in [0.1, 0.15) is 12.5 Å². The Hall–Kier alpha value is -3.42. The average Bonchev–Trinajstić information content (AvgIpc) is 3.24. The zero-order valence-electron chi connectivity index (χ0n) is 18.5. The molecule has 0 saturated heterocycles. The summed E-state index contributed by atoms with van der Waals surface area (Å²) < 4.78 is 6.82. The summed E-state index contributed by atoms with van der Waals surface area (Å²) in [6, 6.07) is 16.7. The molecule has 2 aromatic carbocycles. The number of nitrogens with zero attached hydrogens (tertiary/aromatic N) is 3. The largest absolute Gasteiger partial charge is 0.496 e. The Kier molecular flexibility index (Phi) is 6.68. The zero-order valence-corrected chi connectivity index (χ0v) is 19.3. The number of methoxy groups -OCH3 is 1. The van der Waals surface area contributed by atoms with Crippen molar-refractivity contribution < 1.29 is 4.74 Å². The SMILES string of the molecule is C/C=C\N(N)CCNc1ncc(C)c(-c2cc3cccc(-c4ccccc4OC)c3s2)n1. The number of anilines is 1.